The van der Waals surface area contributed by atoms with Gasteiger partial charge in [-0.05, 0) is 36.6 Å². The summed E-state index contributed by atoms with van der Waals surface area (Å²) in [5, 5.41) is 0. The first-order chi connectivity index (χ1) is 8.11. The van der Waals surface area contributed by atoms with E-state index in [1.165, 1.54) is 0 Å². The third-order valence-corrected chi connectivity index (χ3v) is 2.72. The van der Waals surface area contributed by atoms with Gasteiger partial charge in [0.2, 0.25) is 5.95 Å². The van der Waals surface area contributed by atoms with Crippen molar-refractivity contribution in [3.8, 4) is 11.1 Å². The van der Waals surface area contributed by atoms with Gasteiger partial charge in [0, 0.05) is 23.5 Å². The number of rotatable bonds is 2. The van der Waals surface area contributed by atoms with Crippen LogP contribution in [0.4, 0.5) is 5.95 Å². The number of carbonyl (C=O) groups is 1. The zero-order chi connectivity index (χ0) is 12.4. The van der Waals surface area contributed by atoms with Crippen molar-refractivity contribution in [2.75, 3.05) is 5.73 Å². The number of aromatic nitrogens is 2. The Morgan fingerprint density at radius 3 is 2.35 bits per heavy atom. The lowest BCUT2D eigenvalue weighted by atomic mass is 9.97. The predicted molar refractivity (Wildman–Crippen MR) is 66.7 cm³/mol. The molecule has 0 aliphatic rings. The van der Waals surface area contributed by atoms with E-state index >= 15 is 0 Å². The molecule has 0 amide bonds. The number of hydrogen-bond donors (Lipinski definition) is 1. The topological polar surface area (TPSA) is 68.9 Å². The Bertz CT molecular complexity index is 562. The molecule has 0 saturated carbocycles. The number of benzene rings is 1. The van der Waals surface area contributed by atoms with Gasteiger partial charge in [0.25, 0.3) is 0 Å². The standard InChI is InChI=1S/C13H13N3O/c1-8-4-12(9(2)3-10(8)7-17)11-5-15-13(14)16-6-11/h3-7H,1-2H3,(H2,14,15,16). The maximum atomic E-state index is 10.8. The van der Waals surface area contributed by atoms with Crippen molar-refractivity contribution < 1.29 is 4.79 Å². The summed E-state index contributed by atoms with van der Waals surface area (Å²) >= 11 is 0. The van der Waals surface area contributed by atoms with E-state index in [0.29, 0.717) is 5.56 Å². The quantitative estimate of drug-likeness (QED) is 0.798. The summed E-state index contributed by atoms with van der Waals surface area (Å²) in [4.78, 5) is 18.8. The van der Waals surface area contributed by atoms with Crippen molar-refractivity contribution in [1.82, 2.24) is 9.97 Å². The number of aldehydes is 1. The lowest BCUT2D eigenvalue weighted by Crippen LogP contribution is -1.96. The number of nitrogens with zero attached hydrogens (tertiary/aromatic N) is 2. The van der Waals surface area contributed by atoms with Crippen LogP contribution in [0, 0.1) is 13.8 Å². The summed E-state index contributed by atoms with van der Waals surface area (Å²) < 4.78 is 0. The molecule has 0 bridgehead atoms. The molecular formula is C13H13N3O. The summed E-state index contributed by atoms with van der Waals surface area (Å²) in [6, 6.07) is 3.84. The molecule has 0 radical (unpaired) electrons. The Morgan fingerprint density at radius 2 is 1.76 bits per heavy atom. The van der Waals surface area contributed by atoms with E-state index in [1.807, 2.05) is 26.0 Å². The van der Waals surface area contributed by atoms with E-state index < -0.39 is 0 Å². The second kappa shape index (κ2) is 4.33. The summed E-state index contributed by atoms with van der Waals surface area (Å²) in [7, 11) is 0. The minimum Gasteiger partial charge on any atom is -0.368 e. The minimum absolute atomic E-state index is 0.257. The zero-order valence-electron chi connectivity index (χ0n) is 9.77. The van der Waals surface area contributed by atoms with Crippen molar-refractivity contribution in [2.24, 2.45) is 0 Å². The number of anilines is 1. The summed E-state index contributed by atoms with van der Waals surface area (Å²) in [5.74, 6) is 0.257. The van der Waals surface area contributed by atoms with Crippen LogP contribution in [0.3, 0.4) is 0 Å². The van der Waals surface area contributed by atoms with Crippen molar-refractivity contribution in [3.05, 3.63) is 41.2 Å². The first kappa shape index (κ1) is 11.3. The monoisotopic (exact) mass is 227 g/mol. The molecule has 0 unspecified atom stereocenters. The molecule has 17 heavy (non-hydrogen) atoms. The lowest BCUT2D eigenvalue weighted by molar-refractivity contribution is 0.112. The molecule has 4 nitrogen and oxygen atoms in total. The van der Waals surface area contributed by atoms with E-state index in [2.05, 4.69) is 9.97 Å². The highest BCUT2D eigenvalue weighted by Gasteiger charge is 2.06. The average Bonchev–Trinajstić information content (AvgIpc) is 2.33. The normalized spacial score (nSPS) is 10.2. The molecule has 0 aliphatic carbocycles. The van der Waals surface area contributed by atoms with Gasteiger partial charge in [-0.2, -0.15) is 0 Å². The van der Waals surface area contributed by atoms with Crippen molar-refractivity contribution in [1.29, 1.82) is 0 Å². The Hall–Kier alpha value is -2.23. The number of carbonyl (C=O) groups excluding carboxylic acids is 1. The maximum absolute atomic E-state index is 10.8. The van der Waals surface area contributed by atoms with Gasteiger partial charge in [-0.25, -0.2) is 9.97 Å². The first-order valence-corrected chi connectivity index (χ1v) is 5.26. The Balaban J connectivity index is 2.56. The van der Waals surface area contributed by atoms with Gasteiger partial charge in [0.1, 0.15) is 6.29 Å². The minimum atomic E-state index is 0.257. The second-order valence-corrected chi connectivity index (χ2v) is 3.97. The van der Waals surface area contributed by atoms with Gasteiger partial charge in [0.15, 0.2) is 0 Å². The van der Waals surface area contributed by atoms with Crippen LogP contribution in [0.15, 0.2) is 24.5 Å². The van der Waals surface area contributed by atoms with E-state index in [-0.39, 0.29) is 5.95 Å². The molecule has 1 aromatic carbocycles. The van der Waals surface area contributed by atoms with Crippen molar-refractivity contribution >= 4 is 12.2 Å². The SMILES string of the molecule is Cc1cc(-c2cnc(N)nc2)c(C)cc1C=O. The first-order valence-electron chi connectivity index (χ1n) is 5.26. The molecule has 2 N–H and O–H groups in total. The van der Waals surface area contributed by atoms with Gasteiger partial charge < -0.3 is 5.73 Å². The number of nitrogen functional groups attached to an aromatic ring is 1. The molecule has 86 valence electrons. The molecule has 0 saturated heterocycles. The van der Waals surface area contributed by atoms with Crippen LogP contribution >= 0.6 is 0 Å². The zero-order valence-corrected chi connectivity index (χ0v) is 9.77. The fourth-order valence-corrected chi connectivity index (χ4v) is 1.75. The lowest BCUT2D eigenvalue weighted by Gasteiger charge is -2.08. The van der Waals surface area contributed by atoms with E-state index in [4.69, 9.17) is 5.73 Å². The van der Waals surface area contributed by atoms with Gasteiger partial charge >= 0.3 is 0 Å². The Kier molecular flexibility index (Phi) is 2.87. The van der Waals surface area contributed by atoms with Crippen LogP contribution in [0.1, 0.15) is 21.5 Å². The number of nitrogens with two attached hydrogens (primary N) is 1. The summed E-state index contributed by atoms with van der Waals surface area (Å²) in [5.41, 5.74) is 10.0. The van der Waals surface area contributed by atoms with Crippen LogP contribution < -0.4 is 5.73 Å². The molecule has 4 heteroatoms. The van der Waals surface area contributed by atoms with E-state index in [9.17, 15) is 4.79 Å². The van der Waals surface area contributed by atoms with Crippen molar-refractivity contribution in [2.45, 2.75) is 13.8 Å². The number of hydrogen-bond acceptors (Lipinski definition) is 4. The highest BCUT2D eigenvalue weighted by atomic mass is 16.1. The highest BCUT2D eigenvalue weighted by Crippen LogP contribution is 2.25. The molecular weight excluding hydrogens is 214 g/mol. The maximum Gasteiger partial charge on any atom is 0.219 e. The highest BCUT2D eigenvalue weighted by molar-refractivity contribution is 5.80. The van der Waals surface area contributed by atoms with Gasteiger partial charge in [-0.3, -0.25) is 4.79 Å². The molecule has 0 fully saturated rings. The fraction of sp³-hybridized carbons (Fsp3) is 0.154. The molecule has 0 atom stereocenters. The van der Waals surface area contributed by atoms with Crippen LogP contribution in [0.5, 0.6) is 0 Å². The molecule has 0 spiro atoms. The molecule has 2 rings (SSSR count). The molecule has 1 heterocycles. The van der Waals surface area contributed by atoms with Crippen LogP contribution in [-0.2, 0) is 0 Å². The third kappa shape index (κ3) is 2.15. The average molecular weight is 227 g/mol. The van der Waals surface area contributed by atoms with Gasteiger partial charge in [-0.15, -0.1) is 0 Å². The Labute approximate surface area is 99.5 Å². The molecule has 0 aliphatic heterocycles. The van der Waals surface area contributed by atoms with Crippen LogP contribution in [0.2, 0.25) is 0 Å². The smallest absolute Gasteiger partial charge is 0.219 e. The third-order valence-electron chi connectivity index (χ3n) is 2.72. The predicted octanol–water partition coefficient (Wildman–Crippen LogP) is 2.16. The summed E-state index contributed by atoms with van der Waals surface area (Å²) in [6.07, 6.45) is 4.24. The molecule has 2 aromatic rings. The number of aryl methyl sites for hydroxylation is 2. The largest absolute Gasteiger partial charge is 0.368 e. The molecule has 1 aromatic heterocycles. The fourth-order valence-electron chi connectivity index (χ4n) is 1.75. The van der Waals surface area contributed by atoms with E-state index in [0.717, 1.165) is 28.5 Å². The van der Waals surface area contributed by atoms with Crippen LogP contribution in [-0.4, -0.2) is 16.3 Å². The van der Waals surface area contributed by atoms with Crippen molar-refractivity contribution in [3.63, 3.8) is 0 Å². The van der Waals surface area contributed by atoms with Gasteiger partial charge in [-0.1, -0.05) is 6.07 Å². The van der Waals surface area contributed by atoms with Gasteiger partial charge in [0.05, 0.1) is 0 Å². The van der Waals surface area contributed by atoms with E-state index in [1.54, 1.807) is 12.4 Å². The Morgan fingerprint density at radius 1 is 1.12 bits per heavy atom. The second-order valence-electron chi connectivity index (χ2n) is 3.97. The van der Waals surface area contributed by atoms with Crippen LogP contribution in [0.25, 0.3) is 11.1 Å². The summed E-state index contributed by atoms with van der Waals surface area (Å²) in [6.45, 7) is 3.86.